The third-order valence-electron chi connectivity index (χ3n) is 4.56. The second-order valence-corrected chi connectivity index (χ2v) is 16.6. The van der Waals surface area contributed by atoms with Gasteiger partial charge in [-0.1, -0.05) is 0 Å². The molecule has 0 aromatic heterocycles. The average Bonchev–Trinajstić information content (AvgIpc) is 2.47. The Labute approximate surface area is 143 Å². The SMILES string of the molecule is CCCN(CCC)CC[CH2][In]([CH2]CC)[CH2]CCN(C)CC. The predicted molar refractivity (Wildman–Crippen MR) is 99.9 cm³/mol. The molecular weight excluding hydrogens is 359 g/mol. The Morgan fingerprint density at radius 2 is 1.24 bits per heavy atom. The molecule has 0 aliphatic carbocycles. The molecule has 0 fully saturated rings. The first-order chi connectivity index (χ1) is 10.2. The summed E-state index contributed by atoms with van der Waals surface area (Å²) in [5, 5.41) is 0. The van der Waals surface area contributed by atoms with E-state index in [4.69, 9.17) is 0 Å². The van der Waals surface area contributed by atoms with E-state index in [1.54, 1.807) is 12.5 Å². The van der Waals surface area contributed by atoms with Crippen molar-refractivity contribution in [1.82, 2.24) is 9.80 Å². The Kier molecular flexibility index (Phi) is 16.3. The summed E-state index contributed by atoms with van der Waals surface area (Å²) in [5.74, 6) is 0. The van der Waals surface area contributed by atoms with Crippen LogP contribution in [0.5, 0.6) is 0 Å². The molecule has 0 aromatic carbocycles. The fourth-order valence-corrected chi connectivity index (χ4v) is 12.4. The molecule has 0 saturated carbocycles. The monoisotopic (exact) mass is 400 g/mol. The molecule has 0 atom stereocenters. The molecule has 0 radical (unpaired) electrons. The first kappa shape index (κ1) is 21.8. The van der Waals surface area contributed by atoms with E-state index in [1.165, 1.54) is 64.8 Å². The maximum absolute atomic E-state index is 2.69. The van der Waals surface area contributed by atoms with E-state index in [0.29, 0.717) is 0 Å². The van der Waals surface area contributed by atoms with E-state index in [2.05, 4.69) is 44.5 Å². The van der Waals surface area contributed by atoms with E-state index < -0.39 is 21.4 Å². The number of hydrogen-bond acceptors (Lipinski definition) is 2. The molecule has 0 aliphatic rings. The van der Waals surface area contributed by atoms with Crippen molar-refractivity contribution in [2.45, 2.75) is 72.3 Å². The van der Waals surface area contributed by atoms with Crippen LogP contribution in [0.15, 0.2) is 0 Å². The number of rotatable bonds is 15. The summed E-state index contributed by atoms with van der Waals surface area (Å²) in [4.78, 5) is 5.17. The normalized spacial score (nSPS) is 11.6. The van der Waals surface area contributed by atoms with Crippen LogP contribution in [0, 0.1) is 0 Å². The summed E-state index contributed by atoms with van der Waals surface area (Å²) in [7, 11) is 2.26. The van der Waals surface area contributed by atoms with Crippen LogP contribution in [0.25, 0.3) is 0 Å². The first-order valence-corrected chi connectivity index (χ1v) is 16.6. The van der Waals surface area contributed by atoms with Gasteiger partial charge in [-0.05, 0) is 0 Å². The molecule has 0 bridgehead atoms. The molecule has 0 unspecified atom stereocenters. The van der Waals surface area contributed by atoms with Crippen LogP contribution in [0.2, 0.25) is 12.5 Å². The van der Waals surface area contributed by atoms with E-state index >= 15 is 0 Å². The molecule has 2 nitrogen and oxygen atoms in total. The average molecular weight is 400 g/mol. The topological polar surface area (TPSA) is 6.48 Å². The zero-order valence-corrected chi connectivity index (χ0v) is 19.0. The Morgan fingerprint density at radius 3 is 1.71 bits per heavy atom. The molecule has 126 valence electrons. The molecule has 0 rings (SSSR count). The minimum absolute atomic E-state index is 1.18. The second kappa shape index (κ2) is 15.7. The summed E-state index contributed by atoms with van der Waals surface area (Å²) in [6.45, 7) is 15.8. The van der Waals surface area contributed by atoms with Gasteiger partial charge in [-0.2, -0.15) is 0 Å². The van der Waals surface area contributed by atoms with Gasteiger partial charge >= 0.3 is 143 Å². The van der Waals surface area contributed by atoms with Gasteiger partial charge in [0.25, 0.3) is 0 Å². The molecule has 0 N–H and O–H groups in total. The van der Waals surface area contributed by atoms with Crippen molar-refractivity contribution in [2.24, 2.45) is 0 Å². The van der Waals surface area contributed by atoms with Crippen LogP contribution in [0.4, 0.5) is 0 Å². The van der Waals surface area contributed by atoms with Gasteiger partial charge in [-0.15, -0.1) is 0 Å². The van der Waals surface area contributed by atoms with Crippen LogP contribution >= 0.6 is 0 Å². The molecule has 0 aromatic rings. The maximum atomic E-state index is 2.69. The van der Waals surface area contributed by atoms with Crippen molar-refractivity contribution in [2.75, 3.05) is 39.8 Å². The Balaban J connectivity index is 3.90. The van der Waals surface area contributed by atoms with Crippen molar-refractivity contribution < 1.29 is 0 Å². The van der Waals surface area contributed by atoms with Gasteiger partial charge in [-0.3, -0.25) is 0 Å². The van der Waals surface area contributed by atoms with Gasteiger partial charge < -0.3 is 0 Å². The van der Waals surface area contributed by atoms with Crippen LogP contribution in [0.1, 0.15) is 59.8 Å². The standard InChI is InChI=1S/C9H20N.C6H14N.C3H7.In/c1-4-7-10(8-5-2)9-6-3;1-4-6-7(3)5-2;1-3-2;/h1,4-9H2,2-3H3;1,4-6H2,2-3H3;1,3H2,2H3;. The fourth-order valence-electron chi connectivity index (χ4n) is 3.22. The minimum atomic E-state index is -1.18. The third kappa shape index (κ3) is 13.0. The van der Waals surface area contributed by atoms with E-state index in [9.17, 15) is 0 Å². The molecular formula is C18H41InN2. The Hall–Kier alpha value is 0.790. The van der Waals surface area contributed by atoms with Crippen molar-refractivity contribution in [1.29, 1.82) is 0 Å². The van der Waals surface area contributed by atoms with Gasteiger partial charge in [0, 0.05) is 0 Å². The van der Waals surface area contributed by atoms with E-state index in [0.717, 1.165) is 0 Å². The molecule has 21 heavy (non-hydrogen) atoms. The quantitative estimate of drug-likeness (QED) is 0.392. The van der Waals surface area contributed by atoms with Crippen molar-refractivity contribution in [3.8, 4) is 0 Å². The summed E-state index contributed by atoms with van der Waals surface area (Å²) < 4.78 is 4.93. The van der Waals surface area contributed by atoms with Crippen LogP contribution < -0.4 is 0 Å². The van der Waals surface area contributed by atoms with Crippen molar-refractivity contribution in [3.63, 3.8) is 0 Å². The molecule has 0 aliphatic heterocycles. The molecule has 0 saturated heterocycles. The van der Waals surface area contributed by atoms with Gasteiger partial charge in [0.05, 0.1) is 0 Å². The summed E-state index contributed by atoms with van der Waals surface area (Å²) >= 11 is -1.18. The number of nitrogens with zero attached hydrogens (tertiary/aromatic N) is 2. The van der Waals surface area contributed by atoms with Gasteiger partial charge in [-0.25, -0.2) is 0 Å². The number of hydrogen-bond donors (Lipinski definition) is 0. The Bertz CT molecular complexity index is 205. The van der Waals surface area contributed by atoms with Crippen molar-refractivity contribution >= 4 is 21.4 Å². The van der Waals surface area contributed by atoms with E-state index in [-0.39, 0.29) is 0 Å². The van der Waals surface area contributed by atoms with Gasteiger partial charge in [0.15, 0.2) is 0 Å². The molecule has 3 heteroatoms. The first-order valence-electron chi connectivity index (χ1n) is 9.58. The summed E-state index contributed by atoms with van der Waals surface area (Å²) in [6.07, 6.45) is 7.02. The van der Waals surface area contributed by atoms with Gasteiger partial charge in [0.2, 0.25) is 0 Å². The van der Waals surface area contributed by atoms with Crippen LogP contribution in [-0.2, 0) is 0 Å². The molecule has 0 amide bonds. The fraction of sp³-hybridized carbons (Fsp3) is 1.00. The third-order valence-corrected chi connectivity index (χ3v) is 15.5. The summed E-state index contributed by atoms with van der Waals surface area (Å²) in [6, 6.07) is 0. The summed E-state index contributed by atoms with van der Waals surface area (Å²) in [5.41, 5.74) is 0. The van der Waals surface area contributed by atoms with Crippen molar-refractivity contribution in [3.05, 3.63) is 0 Å². The van der Waals surface area contributed by atoms with Gasteiger partial charge in [0.1, 0.15) is 0 Å². The molecule has 0 heterocycles. The van der Waals surface area contributed by atoms with Crippen LogP contribution in [0.3, 0.4) is 0 Å². The van der Waals surface area contributed by atoms with Crippen LogP contribution in [-0.4, -0.2) is 71.0 Å². The predicted octanol–water partition coefficient (Wildman–Crippen LogP) is 4.75. The Morgan fingerprint density at radius 1 is 0.667 bits per heavy atom. The zero-order chi connectivity index (χ0) is 15.9. The molecule has 0 spiro atoms. The second-order valence-electron chi connectivity index (χ2n) is 6.68. The van der Waals surface area contributed by atoms with E-state index in [1.807, 2.05) is 0 Å². The zero-order valence-electron chi connectivity index (χ0n) is 15.7.